The number of piperidine rings is 1. The zero-order chi connectivity index (χ0) is 15.5. The van der Waals surface area contributed by atoms with E-state index in [0.717, 1.165) is 42.9 Å². The molecule has 0 unspecified atom stereocenters. The standard InChI is InChI=1S/C17H22N4O/c1-12-4-3-5-15(10-12)19-17(22)21-8-6-14(7-9-21)16-11-18-20-13(16)2/h3-5,10-11,14H,6-9H2,1-2H3,(H,18,20)(H,19,22). The second-order valence-electron chi connectivity index (χ2n) is 6.01. The van der Waals surface area contributed by atoms with Gasteiger partial charge in [-0.25, -0.2) is 4.79 Å². The maximum Gasteiger partial charge on any atom is 0.321 e. The van der Waals surface area contributed by atoms with E-state index in [1.807, 2.05) is 42.3 Å². The number of hydrogen-bond acceptors (Lipinski definition) is 2. The molecule has 5 nitrogen and oxygen atoms in total. The Hall–Kier alpha value is -2.30. The highest BCUT2D eigenvalue weighted by Gasteiger charge is 2.25. The lowest BCUT2D eigenvalue weighted by molar-refractivity contribution is 0.194. The van der Waals surface area contributed by atoms with Crippen molar-refractivity contribution in [2.24, 2.45) is 0 Å². The molecule has 22 heavy (non-hydrogen) atoms. The van der Waals surface area contributed by atoms with E-state index in [2.05, 4.69) is 22.4 Å². The summed E-state index contributed by atoms with van der Waals surface area (Å²) < 4.78 is 0. The van der Waals surface area contributed by atoms with Crippen LogP contribution >= 0.6 is 0 Å². The second-order valence-corrected chi connectivity index (χ2v) is 6.01. The fourth-order valence-corrected chi connectivity index (χ4v) is 3.09. The van der Waals surface area contributed by atoms with Gasteiger partial charge in [-0.3, -0.25) is 5.10 Å². The van der Waals surface area contributed by atoms with Crippen LogP contribution in [-0.4, -0.2) is 34.2 Å². The van der Waals surface area contributed by atoms with Gasteiger partial charge in [-0.1, -0.05) is 12.1 Å². The molecule has 2 aromatic rings. The molecule has 0 saturated carbocycles. The summed E-state index contributed by atoms with van der Waals surface area (Å²) in [6, 6.07) is 7.88. The first-order valence-corrected chi connectivity index (χ1v) is 7.76. The Bertz CT molecular complexity index is 656. The number of aromatic nitrogens is 2. The number of aryl methyl sites for hydroxylation is 2. The first-order valence-electron chi connectivity index (χ1n) is 7.76. The highest BCUT2D eigenvalue weighted by Crippen LogP contribution is 2.29. The lowest BCUT2D eigenvalue weighted by atomic mass is 9.90. The molecular formula is C17H22N4O. The molecule has 0 bridgehead atoms. The molecule has 2 amide bonds. The van der Waals surface area contributed by atoms with Crippen molar-refractivity contribution in [3.63, 3.8) is 0 Å². The van der Waals surface area contributed by atoms with Gasteiger partial charge in [0.05, 0.1) is 6.20 Å². The minimum atomic E-state index is -0.00651. The summed E-state index contributed by atoms with van der Waals surface area (Å²) in [4.78, 5) is 14.2. The van der Waals surface area contributed by atoms with Crippen LogP contribution in [0.5, 0.6) is 0 Å². The average molecular weight is 298 g/mol. The zero-order valence-electron chi connectivity index (χ0n) is 13.1. The quantitative estimate of drug-likeness (QED) is 0.892. The normalized spacial score (nSPS) is 15.8. The molecule has 2 N–H and O–H groups in total. The summed E-state index contributed by atoms with van der Waals surface area (Å²) >= 11 is 0. The number of benzene rings is 1. The average Bonchev–Trinajstić information content (AvgIpc) is 2.93. The largest absolute Gasteiger partial charge is 0.324 e. The molecule has 0 aliphatic carbocycles. The van der Waals surface area contributed by atoms with Gasteiger partial charge in [-0.05, 0) is 55.9 Å². The van der Waals surface area contributed by atoms with Crippen LogP contribution in [0.15, 0.2) is 30.5 Å². The first kappa shape index (κ1) is 14.6. The predicted octanol–water partition coefficient (Wildman–Crippen LogP) is 3.44. The highest BCUT2D eigenvalue weighted by molar-refractivity contribution is 5.89. The van der Waals surface area contributed by atoms with Gasteiger partial charge in [0.25, 0.3) is 0 Å². The molecule has 1 aliphatic heterocycles. The van der Waals surface area contributed by atoms with E-state index in [-0.39, 0.29) is 6.03 Å². The molecule has 116 valence electrons. The number of urea groups is 1. The molecule has 1 saturated heterocycles. The van der Waals surface area contributed by atoms with Crippen molar-refractivity contribution in [3.05, 3.63) is 47.3 Å². The Kier molecular flexibility index (Phi) is 4.13. The van der Waals surface area contributed by atoms with Gasteiger partial charge >= 0.3 is 6.03 Å². The van der Waals surface area contributed by atoms with Gasteiger partial charge in [-0.2, -0.15) is 5.10 Å². The van der Waals surface area contributed by atoms with E-state index in [0.29, 0.717) is 5.92 Å². The number of anilines is 1. The van der Waals surface area contributed by atoms with Gasteiger partial charge in [0, 0.05) is 24.5 Å². The van der Waals surface area contributed by atoms with Gasteiger partial charge in [-0.15, -0.1) is 0 Å². The Morgan fingerprint density at radius 2 is 2.09 bits per heavy atom. The van der Waals surface area contributed by atoms with Crippen molar-refractivity contribution < 1.29 is 4.79 Å². The number of likely N-dealkylation sites (tertiary alicyclic amines) is 1. The van der Waals surface area contributed by atoms with Crippen molar-refractivity contribution in [3.8, 4) is 0 Å². The third-order valence-electron chi connectivity index (χ3n) is 4.36. The Morgan fingerprint density at radius 1 is 1.32 bits per heavy atom. The Labute approximate surface area is 130 Å². The van der Waals surface area contributed by atoms with Gasteiger partial charge in [0.1, 0.15) is 0 Å². The zero-order valence-corrected chi connectivity index (χ0v) is 13.1. The number of hydrogen-bond donors (Lipinski definition) is 2. The topological polar surface area (TPSA) is 61.0 Å². The fraction of sp³-hybridized carbons (Fsp3) is 0.412. The van der Waals surface area contributed by atoms with Crippen LogP contribution in [0.1, 0.15) is 35.6 Å². The van der Waals surface area contributed by atoms with Crippen molar-refractivity contribution >= 4 is 11.7 Å². The van der Waals surface area contributed by atoms with Gasteiger partial charge in [0.2, 0.25) is 0 Å². The monoisotopic (exact) mass is 298 g/mol. The molecular weight excluding hydrogens is 276 g/mol. The summed E-state index contributed by atoms with van der Waals surface area (Å²) in [5.41, 5.74) is 4.44. The van der Waals surface area contributed by atoms with Crippen LogP contribution in [0.3, 0.4) is 0 Å². The molecule has 1 aromatic carbocycles. The summed E-state index contributed by atoms with van der Waals surface area (Å²) in [6.07, 6.45) is 3.89. The van der Waals surface area contributed by atoms with E-state index in [4.69, 9.17) is 0 Å². The van der Waals surface area contributed by atoms with Gasteiger partial charge in [0.15, 0.2) is 0 Å². The molecule has 1 aromatic heterocycles. The molecule has 2 heterocycles. The second kappa shape index (κ2) is 6.22. The van der Waals surface area contributed by atoms with Gasteiger partial charge < -0.3 is 10.2 Å². The predicted molar refractivity (Wildman–Crippen MR) is 87.1 cm³/mol. The molecule has 1 aliphatic rings. The minimum Gasteiger partial charge on any atom is -0.324 e. The van der Waals surface area contributed by atoms with Crippen LogP contribution < -0.4 is 5.32 Å². The molecule has 0 spiro atoms. The van der Waals surface area contributed by atoms with Crippen molar-refractivity contribution in [1.29, 1.82) is 0 Å². The first-order chi connectivity index (χ1) is 10.6. The van der Waals surface area contributed by atoms with E-state index in [1.165, 1.54) is 5.56 Å². The van der Waals surface area contributed by atoms with E-state index >= 15 is 0 Å². The smallest absolute Gasteiger partial charge is 0.321 e. The van der Waals surface area contributed by atoms with E-state index in [1.54, 1.807) is 0 Å². The minimum absolute atomic E-state index is 0.00651. The Balaban J connectivity index is 1.57. The maximum absolute atomic E-state index is 12.3. The third kappa shape index (κ3) is 3.13. The number of nitrogens with zero attached hydrogens (tertiary/aromatic N) is 2. The number of rotatable bonds is 2. The van der Waals surface area contributed by atoms with Crippen LogP contribution in [0, 0.1) is 13.8 Å². The van der Waals surface area contributed by atoms with Crippen molar-refractivity contribution in [1.82, 2.24) is 15.1 Å². The SMILES string of the molecule is Cc1cccc(NC(=O)N2CCC(c3cn[nH]c3C)CC2)c1. The highest BCUT2D eigenvalue weighted by atomic mass is 16.2. The van der Waals surface area contributed by atoms with Crippen molar-refractivity contribution in [2.45, 2.75) is 32.6 Å². The molecule has 3 rings (SSSR count). The maximum atomic E-state index is 12.3. The van der Waals surface area contributed by atoms with Crippen LogP contribution in [0.4, 0.5) is 10.5 Å². The molecule has 0 atom stereocenters. The van der Waals surface area contributed by atoms with Crippen molar-refractivity contribution in [2.75, 3.05) is 18.4 Å². The Morgan fingerprint density at radius 3 is 2.73 bits per heavy atom. The third-order valence-corrected chi connectivity index (χ3v) is 4.36. The summed E-state index contributed by atoms with van der Waals surface area (Å²) in [5, 5.41) is 10.1. The number of carbonyl (C=O) groups is 1. The number of carbonyl (C=O) groups excluding carboxylic acids is 1. The summed E-state index contributed by atoms with van der Waals surface area (Å²) in [7, 11) is 0. The summed E-state index contributed by atoms with van der Waals surface area (Å²) in [6.45, 7) is 5.65. The lowest BCUT2D eigenvalue weighted by Gasteiger charge is -2.32. The molecule has 5 heteroatoms. The molecule has 1 fully saturated rings. The fourth-order valence-electron chi connectivity index (χ4n) is 3.09. The molecule has 0 radical (unpaired) electrons. The van der Waals surface area contributed by atoms with Crippen LogP contribution in [-0.2, 0) is 0 Å². The number of aromatic amines is 1. The number of nitrogens with one attached hydrogen (secondary N) is 2. The van der Waals surface area contributed by atoms with E-state index < -0.39 is 0 Å². The van der Waals surface area contributed by atoms with Crippen LogP contribution in [0.2, 0.25) is 0 Å². The summed E-state index contributed by atoms with van der Waals surface area (Å²) in [5.74, 6) is 0.502. The van der Waals surface area contributed by atoms with E-state index in [9.17, 15) is 4.79 Å². The number of H-pyrrole nitrogens is 1. The number of amides is 2. The lowest BCUT2D eigenvalue weighted by Crippen LogP contribution is -2.40. The van der Waals surface area contributed by atoms with Crippen LogP contribution in [0.25, 0.3) is 0 Å².